The Morgan fingerprint density at radius 2 is 2.05 bits per heavy atom. The molecule has 6 heteroatoms. The molecule has 1 fully saturated rings. The molecule has 2 N–H and O–H groups in total. The molecule has 0 bridgehead atoms. The van der Waals surface area contributed by atoms with E-state index >= 15 is 0 Å². The third-order valence-corrected chi connectivity index (χ3v) is 3.46. The zero-order valence-corrected chi connectivity index (χ0v) is 11.7. The van der Waals surface area contributed by atoms with Gasteiger partial charge in [-0.3, -0.25) is 0 Å². The topological polar surface area (TPSA) is 44.9 Å². The SMILES string of the molecule is CN1CCN(c2ccc(F)cc2N=C(N)CCl)CC1. The van der Waals surface area contributed by atoms with Crippen LogP contribution >= 0.6 is 11.6 Å². The van der Waals surface area contributed by atoms with E-state index in [0.717, 1.165) is 31.9 Å². The predicted octanol–water partition coefficient (Wildman–Crippen LogP) is 1.80. The van der Waals surface area contributed by atoms with Gasteiger partial charge < -0.3 is 15.5 Å². The van der Waals surface area contributed by atoms with Crippen molar-refractivity contribution in [2.75, 3.05) is 44.0 Å². The third kappa shape index (κ3) is 3.58. The van der Waals surface area contributed by atoms with Crippen LogP contribution in [0.25, 0.3) is 0 Å². The second-order valence-corrected chi connectivity index (χ2v) is 4.93. The summed E-state index contributed by atoms with van der Waals surface area (Å²) in [7, 11) is 2.09. The summed E-state index contributed by atoms with van der Waals surface area (Å²) in [5.74, 6) is 0.111. The quantitative estimate of drug-likeness (QED) is 0.523. The first-order valence-corrected chi connectivity index (χ1v) is 6.75. The molecule has 1 aliphatic rings. The zero-order chi connectivity index (χ0) is 13.8. The van der Waals surface area contributed by atoms with Gasteiger partial charge in [0.1, 0.15) is 11.7 Å². The molecule has 0 saturated carbocycles. The van der Waals surface area contributed by atoms with E-state index in [2.05, 4.69) is 21.8 Å². The van der Waals surface area contributed by atoms with Gasteiger partial charge in [-0.05, 0) is 19.2 Å². The molecule has 0 amide bonds. The normalized spacial score (nSPS) is 17.8. The molecule has 0 spiro atoms. The predicted molar refractivity (Wildman–Crippen MR) is 78.1 cm³/mol. The number of benzene rings is 1. The summed E-state index contributed by atoms with van der Waals surface area (Å²) in [6.07, 6.45) is 0. The third-order valence-electron chi connectivity index (χ3n) is 3.18. The lowest BCUT2D eigenvalue weighted by molar-refractivity contribution is 0.313. The van der Waals surface area contributed by atoms with Gasteiger partial charge in [0.05, 0.1) is 17.3 Å². The number of hydrogen-bond acceptors (Lipinski definition) is 3. The Balaban J connectivity index is 2.29. The van der Waals surface area contributed by atoms with Crippen LogP contribution in [-0.4, -0.2) is 49.8 Å². The van der Waals surface area contributed by atoms with Crippen molar-refractivity contribution in [1.82, 2.24) is 4.90 Å². The fraction of sp³-hybridized carbons (Fsp3) is 0.462. The van der Waals surface area contributed by atoms with E-state index in [1.807, 2.05) is 0 Å². The largest absolute Gasteiger partial charge is 0.386 e. The van der Waals surface area contributed by atoms with Crippen LogP contribution in [0, 0.1) is 5.82 Å². The van der Waals surface area contributed by atoms with Crippen molar-refractivity contribution in [2.24, 2.45) is 10.7 Å². The van der Waals surface area contributed by atoms with Crippen LogP contribution in [0.1, 0.15) is 0 Å². The average Bonchev–Trinajstić information content (AvgIpc) is 2.40. The minimum Gasteiger partial charge on any atom is -0.386 e. The summed E-state index contributed by atoms with van der Waals surface area (Å²) in [5, 5.41) is 0. The highest BCUT2D eigenvalue weighted by molar-refractivity contribution is 6.28. The number of hydrogen-bond donors (Lipinski definition) is 1. The van der Waals surface area contributed by atoms with E-state index in [0.29, 0.717) is 11.5 Å². The highest BCUT2D eigenvalue weighted by Gasteiger charge is 2.17. The van der Waals surface area contributed by atoms with Crippen LogP contribution < -0.4 is 10.6 Å². The molecular weight excluding hydrogens is 267 g/mol. The molecular formula is C13H18ClFN4. The number of amidine groups is 1. The number of rotatable bonds is 3. The minimum atomic E-state index is -0.320. The molecule has 2 rings (SSSR count). The Labute approximate surface area is 117 Å². The van der Waals surface area contributed by atoms with Gasteiger partial charge in [0.25, 0.3) is 0 Å². The fourth-order valence-electron chi connectivity index (χ4n) is 2.09. The van der Waals surface area contributed by atoms with Gasteiger partial charge in [-0.25, -0.2) is 9.38 Å². The van der Waals surface area contributed by atoms with Crippen molar-refractivity contribution in [3.05, 3.63) is 24.0 Å². The summed E-state index contributed by atoms with van der Waals surface area (Å²) >= 11 is 5.63. The molecule has 104 valence electrons. The molecule has 1 saturated heterocycles. The van der Waals surface area contributed by atoms with E-state index in [4.69, 9.17) is 17.3 Å². The van der Waals surface area contributed by atoms with E-state index in [1.165, 1.54) is 12.1 Å². The number of aliphatic imine (C=N–C) groups is 1. The van der Waals surface area contributed by atoms with Gasteiger partial charge in [0, 0.05) is 32.2 Å². The maximum absolute atomic E-state index is 13.4. The Morgan fingerprint density at radius 1 is 1.37 bits per heavy atom. The van der Waals surface area contributed by atoms with Crippen LogP contribution in [0.4, 0.5) is 15.8 Å². The van der Waals surface area contributed by atoms with Gasteiger partial charge >= 0.3 is 0 Å². The number of likely N-dealkylation sites (N-methyl/N-ethyl adjacent to an activating group) is 1. The molecule has 19 heavy (non-hydrogen) atoms. The standard InChI is InChI=1S/C13H18ClFN4/c1-18-4-6-19(7-5-18)12-3-2-10(15)8-11(12)17-13(16)9-14/h2-3,8H,4-7,9H2,1H3,(H2,16,17). The molecule has 1 aromatic carbocycles. The number of nitrogens with two attached hydrogens (primary N) is 1. The molecule has 1 aliphatic heterocycles. The molecule has 1 aromatic rings. The first kappa shape index (κ1) is 14.1. The summed E-state index contributed by atoms with van der Waals surface area (Å²) in [6.45, 7) is 3.74. The molecule has 0 unspecified atom stereocenters. The van der Waals surface area contributed by atoms with Gasteiger partial charge in [-0.2, -0.15) is 0 Å². The zero-order valence-electron chi connectivity index (χ0n) is 10.9. The molecule has 0 aliphatic carbocycles. The number of nitrogens with zero attached hydrogens (tertiary/aromatic N) is 3. The van der Waals surface area contributed by atoms with Gasteiger partial charge in [0.2, 0.25) is 0 Å². The summed E-state index contributed by atoms with van der Waals surface area (Å²) in [5.41, 5.74) is 7.09. The lowest BCUT2D eigenvalue weighted by Crippen LogP contribution is -2.44. The maximum Gasteiger partial charge on any atom is 0.125 e. The number of halogens is 2. The second kappa shape index (κ2) is 6.21. The van der Waals surface area contributed by atoms with E-state index in [1.54, 1.807) is 6.07 Å². The molecule has 1 heterocycles. The second-order valence-electron chi connectivity index (χ2n) is 4.66. The first-order chi connectivity index (χ1) is 9.10. The summed E-state index contributed by atoms with van der Waals surface area (Å²) < 4.78 is 13.4. The summed E-state index contributed by atoms with van der Waals surface area (Å²) in [4.78, 5) is 8.65. The van der Waals surface area contributed by atoms with Crippen LogP contribution in [0.5, 0.6) is 0 Å². The highest BCUT2D eigenvalue weighted by Crippen LogP contribution is 2.30. The van der Waals surface area contributed by atoms with Crippen molar-refractivity contribution in [1.29, 1.82) is 0 Å². The van der Waals surface area contributed by atoms with Crippen molar-refractivity contribution >= 4 is 28.8 Å². The smallest absolute Gasteiger partial charge is 0.125 e. The van der Waals surface area contributed by atoms with Gasteiger partial charge in [0.15, 0.2) is 0 Å². The monoisotopic (exact) mass is 284 g/mol. The van der Waals surface area contributed by atoms with Crippen LogP contribution in [0.15, 0.2) is 23.2 Å². The maximum atomic E-state index is 13.4. The van der Waals surface area contributed by atoms with E-state index < -0.39 is 0 Å². The lowest BCUT2D eigenvalue weighted by Gasteiger charge is -2.34. The van der Waals surface area contributed by atoms with Crippen molar-refractivity contribution in [3.8, 4) is 0 Å². The molecule has 0 radical (unpaired) electrons. The minimum absolute atomic E-state index is 0.138. The van der Waals surface area contributed by atoms with Crippen LogP contribution in [0.2, 0.25) is 0 Å². The lowest BCUT2D eigenvalue weighted by atomic mass is 10.2. The molecule has 0 aromatic heterocycles. The summed E-state index contributed by atoms with van der Waals surface area (Å²) in [6, 6.07) is 4.59. The Morgan fingerprint density at radius 3 is 2.68 bits per heavy atom. The Bertz CT molecular complexity index is 470. The van der Waals surface area contributed by atoms with E-state index in [9.17, 15) is 4.39 Å². The Hall–Kier alpha value is -1.33. The molecule has 4 nitrogen and oxygen atoms in total. The van der Waals surface area contributed by atoms with Crippen molar-refractivity contribution in [2.45, 2.75) is 0 Å². The molecule has 0 atom stereocenters. The highest BCUT2D eigenvalue weighted by atomic mass is 35.5. The van der Waals surface area contributed by atoms with E-state index in [-0.39, 0.29) is 11.7 Å². The van der Waals surface area contributed by atoms with Crippen molar-refractivity contribution in [3.63, 3.8) is 0 Å². The average molecular weight is 285 g/mol. The first-order valence-electron chi connectivity index (χ1n) is 6.22. The fourth-order valence-corrected chi connectivity index (χ4v) is 2.15. The number of piperazine rings is 1. The van der Waals surface area contributed by atoms with Gasteiger partial charge in [-0.15, -0.1) is 11.6 Å². The van der Waals surface area contributed by atoms with Crippen LogP contribution in [0.3, 0.4) is 0 Å². The number of alkyl halides is 1. The Kier molecular flexibility index (Phi) is 4.61. The van der Waals surface area contributed by atoms with Crippen LogP contribution in [-0.2, 0) is 0 Å². The van der Waals surface area contributed by atoms with Gasteiger partial charge in [-0.1, -0.05) is 0 Å². The number of anilines is 1. The van der Waals surface area contributed by atoms with Crippen molar-refractivity contribution < 1.29 is 4.39 Å².